The maximum absolute atomic E-state index is 12.5. The maximum Gasteiger partial charge on any atom is 0.236 e. The maximum atomic E-state index is 12.5. The van der Waals surface area contributed by atoms with Crippen molar-refractivity contribution in [2.75, 3.05) is 33.2 Å². The van der Waals surface area contributed by atoms with Crippen LogP contribution in [-0.2, 0) is 11.2 Å². The van der Waals surface area contributed by atoms with E-state index in [1.165, 1.54) is 10.5 Å². The lowest BCUT2D eigenvalue weighted by atomic mass is 10.1. The molecule has 96 valence electrons. The lowest BCUT2D eigenvalue weighted by Gasteiger charge is -2.33. The van der Waals surface area contributed by atoms with Crippen molar-refractivity contribution in [3.8, 4) is 0 Å². The third-order valence-corrected chi connectivity index (χ3v) is 5.04. The minimum atomic E-state index is 0.103. The van der Waals surface area contributed by atoms with Gasteiger partial charge in [-0.1, -0.05) is 18.2 Å². The first-order valence-electron chi connectivity index (χ1n) is 6.46. The van der Waals surface area contributed by atoms with E-state index >= 15 is 0 Å². The Morgan fingerprint density at radius 2 is 1.94 bits per heavy atom. The smallest absolute Gasteiger partial charge is 0.236 e. The average Bonchev–Trinajstić information content (AvgIpc) is 2.82. The van der Waals surface area contributed by atoms with Crippen LogP contribution in [0.1, 0.15) is 5.56 Å². The first-order valence-corrected chi connectivity index (χ1v) is 7.34. The normalized spacial score (nSPS) is 24.1. The molecule has 0 saturated carbocycles. The van der Waals surface area contributed by atoms with Crippen molar-refractivity contribution < 1.29 is 4.79 Å². The van der Waals surface area contributed by atoms with E-state index in [-0.39, 0.29) is 5.25 Å². The minimum absolute atomic E-state index is 0.103. The van der Waals surface area contributed by atoms with Crippen LogP contribution in [0.15, 0.2) is 29.2 Å². The van der Waals surface area contributed by atoms with E-state index in [0.717, 1.165) is 32.6 Å². The van der Waals surface area contributed by atoms with Gasteiger partial charge in [0.05, 0.1) is 5.25 Å². The van der Waals surface area contributed by atoms with Crippen molar-refractivity contribution in [2.45, 2.75) is 16.6 Å². The molecule has 1 aromatic rings. The molecule has 0 aromatic heterocycles. The van der Waals surface area contributed by atoms with Crippen LogP contribution < -0.4 is 0 Å². The van der Waals surface area contributed by atoms with E-state index < -0.39 is 0 Å². The van der Waals surface area contributed by atoms with Crippen LogP contribution in [0.2, 0.25) is 0 Å². The number of fused-ring (bicyclic) bond motifs is 1. The summed E-state index contributed by atoms with van der Waals surface area (Å²) in [6.45, 7) is 3.75. The molecule has 0 N–H and O–H groups in total. The van der Waals surface area contributed by atoms with E-state index in [2.05, 4.69) is 36.2 Å². The summed E-state index contributed by atoms with van der Waals surface area (Å²) < 4.78 is 0. The quantitative estimate of drug-likeness (QED) is 0.766. The number of rotatable bonds is 1. The van der Waals surface area contributed by atoms with E-state index in [1.54, 1.807) is 11.8 Å². The van der Waals surface area contributed by atoms with Gasteiger partial charge in [0.25, 0.3) is 0 Å². The van der Waals surface area contributed by atoms with Crippen LogP contribution in [0.5, 0.6) is 0 Å². The van der Waals surface area contributed by atoms with E-state index in [0.29, 0.717) is 5.91 Å². The zero-order chi connectivity index (χ0) is 12.5. The molecule has 1 amide bonds. The summed E-state index contributed by atoms with van der Waals surface area (Å²) in [6.07, 6.45) is 0.895. The van der Waals surface area contributed by atoms with Crippen LogP contribution in [-0.4, -0.2) is 54.2 Å². The number of carbonyl (C=O) groups excluding carboxylic acids is 1. The topological polar surface area (TPSA) is 23.6 Å². The fourth-order valence-electron chi connectivity index (χ4n) is 2.55. The van der Waals surface area contributed by atoms with Crippen LogP contribution in [0.4, 0.5) is 0 Å². The van der Waals surface area contributed by atoms with Gasteiger partial charge in [0.2, 0.25) is 5.91 Å². The summed E-state index contributed by atoms with van der Waals surface area (Å²) in [7, 11) is 2.11. The molecular formula is C14H18N2OS. The Bertz CT molecular complexity index is 430. The molecule has 2 aliphatic rings. The van der Waals surface area contributed by atoms with Crippen molar-refractivity contribution in [3.63, 3.8) is 0 Å². The van der Waals surface area contributed by atoms with Gasteiger partial charge in [-0.3, -0.25) is 4.79 Å². The van der Waals surface area contributed by atoms with Crippen LogP contribution >= 0.6 is 11.8 Å². The highest BCUT2D eigenvalue weighted by Crippen LogP contribution is 2.37. The third kappa shape index (κ3) is 2.27. The summed E-state index contributed by atoms with van der Waals surface area (Å²) in [4.78, 5) is 18.1. The summed E-state index contributed by atoms with van der Waals surface area (Å²) in [5, 5.41) is 0.103. The SMILES string of the molecule is CN1CCN(C(=O)[C@@H]2Cc3ccccc3S2)CC1. The van der Waals surface area contributed by atoms with Gasteiger partial charge in [-0.15, -0.1) is 11.8 Å². The summed E-state index contributed by atoms with van der Waals surface area (Å²) >= 11 is 1.73. The van der Waals surface area contributed by atoms with Crippen molar-refractivity contribution in [1.29, 1.82) is 0 Å². The molecule has 3 nitrogen and oxygen atoms in total. The standard InChI is InChI=1S/C14H18N2OS/c1-15-6-8-16(9-7-15)14(17)13-10-11-4-2-3-5-12(11)18-13/h2-5,13H,6-10H2,1H3/t13-/m0/s1. The highest BCUT2D eigenvalue weighted by Gasteiger charge is 2.32. The average molecular weight is 262 g/mol. The van der Waals surface area contributed by atoms with Crippen molar-refractivity contribution in [2.24, 2.45) is 0 Å². The Morgan fingerprint density at radius 1 is 1.22 bits per heavy atom. The van der Waals surface area contributed by atoms with Crippen LogP contribution in [0, 0.1) is 0 Å². The van der Waals surface area contributed by atoms with E-state index in [9.17, 15) is 4.79 Å². The number of hydrogen-bond donors (Lipinski definition) is 0. The molecule has 3 rings (SSSR count). The Morgan fingerprint density at radius 3 is 2.67 bits per heavy atom. The van der Waals surface area contributed by atoms with Crippen molar-refractivity contribution in [3.05, 3.63) is 29.8 Å². The number of nitrogens with zero attached hydrogens (tertiary/aromatic N) is 2. The van der Waals surface area contributed by atoms with Gasteiger partial charge >= 0.3 is 0 Å². The number of benzene rings is 1. The molecule has 1 atom stereocenters. The first kappa shape index (κ1) is 12.1. The second-order valence-corrected chi connectivity index (χ2v) is 6.29. The zero-order valence-electron chi connectivity index (χ0n) is 10.6. The molecule has 1 fully saturated rings. The summed E-state index contributed by atoms with van der Waals surface area (Å²) in [6, 6.07) is 8.37. The van der Waals surface area contributed by atoms with Crippen LogP contribution in [0.25, 0.3) is 0 Å². The van der Waals surface area contributed by atoms with Gasteiger partial charge < -0.3 is 9.80 Å². The molecule has 0 bridgehead atoms. The molecule has 1 saturated heterocycles. The van der Waals surface area contributed by atoms with Crippen LogP contribution in [0.3, 0.4) is 0 Å². The summed E-state index contributed by atoms with van der Waals surface area (Å²) in [5.74, 6) is 0.323. The number of hydrogen-bond acceptors (Lipinski definition) is 3. The number of thioether (sulfide) groups is 1. The highest BCUT2D eigenvalue weighted by atomic mass is 32.2. The molecule has 0 radical (unpaired) electrons. The minimum Gasteiger partial charge on any atom is -0.339 e. The van der Waals surface area contributed by atoms with Gasteiger partial charge in [-0.25, -0.2) is 0 Å². The molecule has 2 aliphatic heterocycles. The molecule has 4 heteroatoms. The predicted molar refractivity (Wildman–Crippen MR) is 73.9 cm³/mol. The lowest BCUT2D eigenvalue weighted by molar-refractivity contribution is -0.132. The Hall–Kier alpha value is -1.00. The number of piperazine rings is 1. The molecule has 0 unspecified atom stereocenters. The predicted octanol–water partition coefficient (Wildman–Crippen LogP) is 1.48. The Labute approximate surface area is 112 Å². The van der Waals surface area contributed by atoms with Crippen molar-refractivity contribution >= 4 is 17.7 Å². The van der Waals surface area contributed by atoms with Gasteiger partial charge in [0, 0.05) is 31.1 Å². The first-order chi connectivity index (χ1) is 8.74. The zero-order valence-corrected chi connectivity index (χ0v) is 11.4. The third-order valence-electron chi connectivity index (χ3n) is 3.74. The lowest BCUT2D eigenvalue weighted by Crippen LogP contribution is -2.49. The van der Waals surface area contributed by atoms with E-state index in [4.69, 9.17) is 0 Å². The number of carbonyl (C=O) groups is 1. The van der Waals surface area contributed by atoms with Gasteiger partial charge in [0.1, 0.15) is 0 Å². The van der Waals surface area contributed by atoms with E-state index in [1.807, 2.05) is 4.90 Å². The molecular weight excluding hydrogens is 244 g/mol. The molecule has 0 aliphatic carbocycles. The highest BCUT2D eigenvalue weighted by molar-refractivity contribution is 8.01. The number of likely N-dealkylation sites (N-methyl/N-ethyl adjacent to an activating group) is 1. The number of amides is 1. The largest absolute Gasteiger partial charge is 0.339 e. The Kier molecular flexibility index (Phi) is 3.31. The van der Waals surface area contributed by atoms with Gasteiger partial charge in [-0.05, 0) is 25.1 Å². The fourth-order valence-corrected chi connectivity index (χ4v) is 3.83. The molecule has 2 heterocycles. The molecule has 18 heavy (non-hydrogen) atoms. The van der Waals surface area contributed by atoms with Crippen molar-refractivity contribution in [1.82, 2.24) is 9.80 Å². The molecule has 0 spiro atoms. The fraction of sp³-hybridized carbons (Fsp3) is 0.500. The second kappa shape index (κ2) is 4.94. The van der Waals surface area contributed by atoms with Gasteiger partial charge in [-0.2, -0.15) is 0 Å². The monoisotopic (exact) mass is 262 g/mol. The van der Waals surface area contributed by atoms with Gasteiger partial charge in [0.15, 0.2) is 0 Å². The second-order valence-electron chi connectivity index (χ2n) is 5.05. The summed E-state index contributed by atoms with van der Waals surface area (Å²) in [5.41, 5.74) is 1.33. The Balaban J connectivity index is 1.65. The molecule has 1 aromatic carbocycles.